The van der Waals surface area contributed by atoms with Gasteiger partial charge in [-0.05, 0) is 37.4 Å². The van der Waals surface area contributed by atoms with Gasteiger partial charge in [0, 0.05) is 24.5 Å². The van der Waals surface area contributed by atoms with E-state index >= 15 is 0 Å². The van der Waals surface area contributed by atoms with Crippen LogP contribution >= 0.6 is 0 Å². The average Bonchev–Trinajstić information content (AvgIpc) is 2.89. The van der Waals surface area contributed by atoms with Gasteiger partial charge in [-0.1, -0.05) is 6.07 Å². The summed E-state index contributed by atoms with van der Waals surface area (Å²) in [5.74, 6) is -1.51. The molecule has 0 bridgehead atoms. The van der Waals surface area contributed by atoms with E-state index in [1.807, 2.05) is 31.3 Å². The number of benzene rings is 1. The van der Waals surface area contributed by atoms with Crippen molar-refractivity contribution in [3.05, 3.63) is 30.5 Å². The molecule has 1 aromatic carbocycles. The van der Waals surface area contributed by atoms with Crippen LogP contribution in [0.5, 0.6) is 0 Å². The molecule has 2 amide bonds. The highest BCUT2D eigenvalue weighted by atomic mass is 16.3. The maximum absolute atomic E-state index is 11.8. The number of aromatic nitrogens is 1. The van der Waals surface area contributed by atoms with E-state index < -0.39 is 17.9 Å². The normalized spacial score (nSPS) is 12.1. The first-order valence-electron chi connectivity index (χ1n) is 6.86. The van der Waals surface area contributed by atoms with Gasteiger partial charge in [-0.25, -0.2) is 0 Å². The molecule has 112 valence electrons. The number of rotatable bonds is 4. The van der Waals surface area contributed by atoms with Crippen LogP contribution < -0.4 is 10.6 Å². The number of carbonyl (C=O) groups excluding carboxylic acids is 2. The highest BCUT2D eigenvalue weighted by molar-refractivity contribution is 6.39. The Morgan fingerprint density at radius 2 is 2.05 bits per heavy atom. The van der Waals surface area contributed by atoms with Gasteiger partial charge >= 0.3 is 11.8 Å². The van der Waals surface area contributed by atoms with Crippen LogP contribution in [0.1, 0.15) is 13.8 Å². The lowest BCUT2D eigenvalue weighted by Gasteiger charge is -2.11. The number of amides is 2. The van der Waals surface area contributed by atoms with Crippen LogP contribution in [0.15, 0.2) is 30.5 Å². The van der Waals surface area contributed by atoms with Gasteiger partial charge in [0.1, 0.15) is 0 Å². The molecule has 1 aromatic heterocycles. The van der Waals surface area contributed by atoms with Gasteiger partial charge in [-0.3, -0.25) is 9.59 Å². The summed E-state index contributed by atoms with van der Waals surface area (Å²) >= 11 is 0. The number of anilines is 1. The van der Waals surface area contributed by atoms with E-state index in [0.717, 1.165) is 17.4 Å². The van der Waals surface area contributed by atoms with Crippen LogP contribution in [0.2, 0.25) is 0 Å². The smallest absolute Gasteiger partial charge is 0.313 e. The quantitative estimate of drug-likeness (QED) is 0.737. The van der Waals surface area contributed by atoms with Crippen LogP contribution in [0.3, 0.4) is 0 Å². The number of hydrogen-bond acceptors (Lipinski definition) is 3. The second kappa shape index (κ2) is 6.41. The van der Waals surface area contributed by atoms with Crippen LogP contribution in [0.4, 0.5) is 5.69 Å². The zero-order chi connectivity index (χ0) is 15.4. The first-order chi connectivity index (χ1) is 10.0. The fraction of sp³-hybridized carbons (Fsp3) is 0.333. The molecule has 21 heavy (non-hydrogen) atoms. The molecule has 3 N–H and O–H groups in total. The Kier molecular flexibility index (Phi) is 4.59. The molecular weight excluding hydrogens is 270 g/mol. The van der Waals surface area contributed by atoms with Crippen molar-refractivity contribution in [3.8, 4) is 0 Å². The highest BCUT2D eigenvalue weighted by Crippen LogP contribution is 2.20. The van der Waals surface area contributed by atoms with Crippen molar-refractivity contribution in [2.24, 2.45) is 0 Å². The summed E-state index contributed by atoms with van der Waals surface area (Å²) in [6.07, 6.45) is 1.98. The van der Waals surface area contributed by atoms with Crippen molar-refractivity contribution in [1.82, 2.24) is 9.88 Å². The summed E-state index contributed by atoms with van der Waals surface area (Å²) in [6, 6.07) is 7.02. The average molecular weight is 289 g/mol. The summed E-state index contributed by atoms with van der Waals surface area (Å²) in [5.41, 5.74) is 1.56. The Balaban J connectivity index is 2.12. The highest BCUT2D eigenvalue weighted by Gasteiger charge is 2.16. The van der Waals surface area contributed by atoms with Crippen molar-refractivity contribution < 1.29 is 14.7 Å². The van der Waals surface area contributed by atoms with Gasteiger partial charge in [0.05, 0.1) is 12.1 Å². The number of nitrogens with one attached hydrogen (secondary N) is 2. The number of aryl methyl sites for hydroxylation is 1. The summed E-state index contributed by atoms with van der Waals surface area (Å²) in [7, 11) is 0. The Morgan fingerprint density at radius 3 is 2.71 bits per heavy atom. The van der Waals surface area contributed by atoms with Gasteiger partial charge in [0.2, 0.25) is 0 Å². The molecule has 6 nitrogen and oxygen atoms in total. The number of nitrogens with zero attached hydrogens (tertiary/aromatic N) is 1. The standard InChI is InChI=1S/C15H19N3O3/c1-3-18-7-6-11-4-5-12(8-13(11)18)17-15(21)14(20)16-10(2)9-19/h4-8,10,19H,3,9H2,1-2H3,(H,16,20)(H,17,21). The summed E-state index contributed by atoms with van der Waals surface area (Å²) < 4.78 is 2.05. The van der Waals surface area contributed by atoms with Crippen molar-refractivity contribution >= 4 is 28.4 Å². The van der Waals surface area contributed by atoms with Crippen molar-refractivity contribution in [3.63, 3.8) is 0 Å². The SMILES string of the molecule is CCn1ccc2ccc(NC(=O)C(=O)NC(C)CO)cc21. The molecule has 6 heteroatoms. The molecular formula is C15H19N3O3. The molecule has 1 unspecified atom stereocenters. The van der Waals surface area contributed by atoms with E-state index in [2.05, 4.69) is 15.2 Å². The molecule has 0 radical (unpaired) electrons. The molecule has 0 aliphatic carbocycles. The molecule has 2 rings (SSSR count). The second-order valence-corrected chi connectivity index (χ2v) is 4.89. The van der Waals surface area contributed by atoms with Crippen molar-refractivity contribution in [1.29, 1.82) is 0 Å². The van der Waals surface area contributed by atoms with Crippen molar-refractivity contribution in [2.75, 3.05) is 11.9 Å². The third-order valence-corrected chi connectivity index (χ3v) is 3.23. The number of fused-ring (bicyclic) bond motifs is 1. The molecule has 0 aliphatic rings. The predicted molar refractivity (Wildman–Crippen MR) is 80.9 cm³/mol. The number of hydrogen-bond donors (Lipinski definition) is 3. The fourth-order valence-corrected chi connectivity index (χ4v) is 2.06. The summed E-state index contributed by atoms with van der Waals surface area (Å²) in [4.78, 5) is 23.4. The predicted octanol–water partition coefficient (Wildman–Crippen LogP) is 1.10. The first kappa shape index (κ1) is 15.1. The first-order valence-corrected chi connectivity index (χ1v) is 6.86. The monoisotopic (exact) mass is 289 g/mol. The molecule has 1 atom stereocenters. The number of carbonyl (C=O) groups is 2. The maximum atomic E-state index is 11.8. The molecule has 0 spiro atoms. The van der Waals surface area contributed by atoms with Gasteiger partial charge in [-0.15, -0.1) is 0 Å². The van der Waals surface area contributed by atoms with Crippen LogP contribution in [-0.4, -0.2) is 34.1 Å². The minimum Gasteiger partial charge on any atom is -0.394 e. The van der Waals surface area contributed by atoms with Gasteiger partial charge in [-0.2, -0.15) is 0 Å². The lowest BCUT2D eigenvalue weighted by atomic mass is 10.2. The topological polar surface area (TPSA) is 83.4 Å². The van der Waals surface area contributed by atoms with Crippen LogP contribution in [0, 0.1) is 0 Å². The molecule has 0 saturated heterocycles. The van der Waals surface area contributed by atoms with E-state index in [-0.39, 0.29) is 6.61 Å². The molecule has 1 heterocycles. The molecule has 0 fully saturated rings. The van der Waals surface area contributed by atoms with Crippen LogP contribution in [0.25, 0.3) is 10.9 Å². The second-order valence-electron chi connectivity index (χ2n) is 4.89. The molecule has 0 saturated carbocycles. The third-order valence-electron chi connectivity index (χ3n) is 3.23. The van der Waals surface area contributed by atoms with Crippen LogP contribution in [-0.2, 0) is 16.1 Å². The van der Waals surface area contributed by atoms with Gasteiger partial charge in [0.15, 0.2) is 0 Å². The Hall–Kier alpha value is -2.34. The summed E-state index contributed by atoms with van der Waals surface area (Å²) in [6.45, 7) is 4.27. The summed E-state index contributed by atoms with van der Waals surface area (Å²) in [5, 5.41) is 14.9. The van der Waals surface area contributed by atoms with E-state index in [4.69, 9.17) is 5.11 Å². The van der Waals surface area contributed by atoms with E-state index in [9.17, 15) is 9.59 Å². The number of aliphatic hydroxyl groups excluding tert-OH is 1. The Labute approximate surface area is 122 Å². The maximum Gasteiger partial charge on any atom is 0.313 e. The zero-order valence-corrected chi connectivity index (χ0v) is 12.1. The Morgan fingerprint density at radius 1 is 1.29 bits per heavy atom. The minimum atomic E-state index is -0.762. The van der Waals surface area contributed by atoms with E-state index in [1.54, 1.807) is 13.0 Å². The lowest BCUT2D eigenvalue weighted by molar-refractivity contribution is -0.136. The molecule has 0 aliphatic heterocycles. The minimum absolute atomic E-state index is 0.213. The lowest BCUT2D eigenvalue weighted by Crippen LogP contribution is -2.42. The molecule has 2 aromatic rings. The van der Waals surface area contributed by atoms with E-state index in [0.29, 0.717) is 5.69 Å². The van der Waals surface area contributed by atoms with Gasteiger partial charge < -0.3 is 20.3 Å². The third kappa shape index (κ3) is 3.41. The Bertz CT molecular complexity index is 663. The van der Waals surface area contributed by atoms with Crippen molar-refractivity contribution in [2.45, 2.75) is 26.4 Å². The largest absolute Gasteiger partial charge is 0.394 e. The number of aliphatic hydroxyl groups is 1. The zero-order valence-electron chi connectivity index (χ0n) is 12.1. The van der Waals surface area contributed by atoms with E-state index in [1.165, 1.54) is 0 Å². The van der Waals surface area contributed by atoms with Gasteiger partial charge in [0.25, 0.3) is 0 Å². The fourth-order valence-electron chi connectivity index (χ4n) is 2.06.